The smallest absolute Gasteiger partial charge is 0.404 e. The van der Waals surface area contributed by atoms with Crippen LogP contribution in [0.1, 0.15) is 10.4 Å². The van der Waals surface area contributed by atoms with Crippen molar-refractivity contribution >= 4 is 17.4 Å². The van der Waals surface area contributed by atoms with Crippen LogP contribution in [-0.2, 0) is 0 Å². The van der Waals surface area contributed by atoms with E-state index in [2.05, 4.69) is 20.3 Å². The minimum Gasteiger partial charge on any atom is -0.404 e. The van der Waals surface area contributed by atoms with Gasteiger partial charge in [0.25, 0.3) is 5.91 Å². The Hall–Kier alpha value is -2.71. The molecular formula is C11H9F3N4O2. The van der Waals surface area contributed by atoms with Gasteiger partial charge in [0.2, 0.25) is 0 Å². The maximum atomic E-state index is 12.1. The van der Waals surface area contributed by atoms with Crippen molar-refractivity contribution in [2.24, 2.45) is 0 Å². The van der Waals surface area contributed by atoms with E-state index in [1.165, 1.54) is 18.3 Å². The predicted octanol–water partition coefficient (Wildman–Crippen LogP) is 2.14. The summed E-state index contributed by atoms with van der Waals surface area (Å²) in [5, 5.41) is 8.60. The van der Waals surface area contributed by atoms with Crippen molar-refractivity contribution in [1.82, 2.24) is 10.2 Å². The Morgan fingerprint density at radius 3 is 2.65 bits per heavy atom. The third-order valence-corrected chi connectivity index (χ3v) is 2.25. The molecule has 0 fully saturated rings. The fourth-order valence-electron chi connectivity index (χ4n) is 1.43. The van der Waals surface area contributed by atoms with E-state index in [0.717, 1.165) is 12.1 Å². The van der Waals surface area contributed by atoms with Gasteiger partial charge in [-0.1, -0.05) is 0 Å². The minimum absolute atomic E-state index is 0.0895. The van der Waals surface area contributed by atoms with Gasteiger partial charge >= 0.3 is 6.36 Å². The van der Waals surface area contributed by atoms with Gasteiger partial charge in [0, 0.05) is 11.6 Å². The number of rotatable bonds is 3. The molecule has 0 unspecified atom stereocenters. The van der Waals surface area contributed by atoms with Crippen LogP contribution in [0.2, 0.25) is 0 Å². The first-order valence-electron chi connectivity index (χ1n) is 5.31. The summed E-state index contributed by atoms with van der Waals surface area (Å²) < 4.78 is 39.9. The quantitative estimate of drug-likeness (QED) is 0.754. The van der Waals surface area contributed by atoms with E-state index in [1.54, 1.807) is 0 Å². The van der Waals surface area contributed by atoms with Crippen LogP contribution in [0.3, 0.4) is 0 Å². The van der Waals surface area contributed by atoms with Gasteiger partial charge in [-0.05, 0) is 18.2 Å². The van der Waals surface area contributed by atoms with E-state index < -0.39 is 18.0 Å². The summed E-state index contributed by atoms with van der Waals surface area (Å²) in [5.74, 6) is -0.751. The molecule has 0 saturated heterocycles. The maximum absolute atomic E-state index is 12.1. The highest BCUT2D eigenvalue weighted by atomic mass is 19.4. The number of carbonyl (C=O) groups excluding carboxylic acids is 1. The Kier molecular flexibility index (Phi) is 3.51. The SMILES string of the molecule is Nc1cc(C(=O)Nc2ccn[nH]2)ccc1OC(F)(F)F. The molecule has 6 nitrogen and oxygen atoms in total. The maximum Gasteiger partial charge on any atom is 0.573 e. The number of alkyl halides is 3. The van der Waals surface area contributed by atoms with Crippen molar-refractivity contribution in [3.05, 3.63) is 36.0 Å². The molecule has 4 N–H and O–H groups in total. The summed E-state index contributed by atoms with van der Waals surface area (Å²) in [7, 11) is 0. The third kappa shape index (κ3) is 3.40. The molecule has 0 bridgehead atoms. The summed E-state index contributed by atoms with van der Waals surface area (Å²) in [6.07, 6.45) is -3.40. The number of hydrogen-bond donors (Lipinski definition) is 3. The number of amides is 1. The van der Waals surface area contributed by atoms with Crippen LogP contribution in [0.5, 0.6) is 5.75 Å². The fourth-order valence-corrected chi connectivity index (χ4v) is 1.43. The number of benzene rings is 1. The summed E-state index contributed by atoms with van der Waals surface area (Å²) in [5.41, 5.74) is 5.21. The Bertz CT molecular complexity index is 611. The zero-order chi connectivity index (χ0) is 14.8. The summed E-state index contributed by atoms with van der Waals surface area (Å²) in [6, 6.07) is 4.75. The molecule has 1 heterocycles. The molecule has 2 rings (SSSR count). The molecule has 1 amide bonds. The number of ether oxygens (including phenoxy) is 1. The Morgan fingerprint density at radius 1 is 1.35 bits per heavy atom. The number of nitrogen functional groups attached to an aromatic ring is 1. The number of aromatic amines is 1. The van der Waals surface area contributed by atoms with Crippen molar-refractivity contribution in [2.75, 3.05) is 11.1 Å². The van der Waals surface area contributed by atoms with E-state index in [4.69, 9.17) is 5.73 Å². The van der Waals surface area contributed by atoms with Gasteiger partial charge in [0.1, 0.15) is 5.82 Å². The number of anilines is 2. The summed E-state index contributed by atoms with van der Waals surface area (Å²) in [6.45, 7) is 0. The molecule has 0 aliphatic carbocycles. The van der Waals surface area contributed by atoms with Crippen LogP contribution in [-0.4, -0.2) is 22.5 Å². The van der Waals surface area contributed by atoms with E-state index >= 15 is 0 Å². The fraction of sp³-hybridized carbons (Fsp3) is 0.0909. The predicted molar refractivity (Wildman–Crippen MR) is 64.1 cm³/mol. The average molecular weight is 286 g/mol. The highest BCUT2D eigenvalue weighted by Gasteiger charge is 2.32. The Balaban J connectivity index is 2.14. The molecular weight excluding hydrogens is 277 g/mol. The van der Waals surface area contributed by atoms with Crippen LogP contribution in [0.25, 0.3) is 0 Å². The molecule has 0 aliphatic rings. The minimum atomic E-state index is -4.84. The molecule has 0 saturated carbocycles. The first-order chi connectivity index (χ1) is 9.35. The number of carbonyl (C=O) groups is 1. The van der Waals surface area contributed by atoms with Crippen LogP contribution in [0.15, 0.2) is 30.5 Å². The van der Waals surface area contributed by atoms with Crippen molar-refractivity contribution in [3.8, 4) is 5.75 Å². The molecule has 1 aromatic heterocycles. The normalized spacial score (nSPS) is 11.2. The molecule has 0 spiro atoms. The zero-order valence-corrected chi connectivity index (χ0v) is 9.86. The molecule has 9 heteroatoms. The lowest BCUT2D eigenvalue weighted by molar-refractivity contribution is -0.274. The van der Waals surface area contributed by atoms with Crippen molar-refractivity contribution < 1.29 is 22.7 Å². The second-order valence-corrected chi connectivity index (χ2v) is 3.72. The molecule has 20 heavy (non-hydrogen) atoms. The van der Waals surface area contributed by atoms with Gasteiger partial charge in [-0.3, -0.25) is 9.89 Å². The summed E-state index contributed by atoms with van der Waals surface area (Å²) in [4.78, 5) is 11.8. The second-order valence-electron chi connectivity index (χ2n) is 3.72. The highest BCUT2D eigenvalue weighted by molar-refractivity contribution is 6.04. The summed E-state index contributed by atoms with van der Waals surface area (Å²) >= 11 is 0. The molecule has 106 valence electrons. The number of nitrogens with two attached hydrogens (primary N) is 1. The highest BCUT2D eigenvalue weighted by Crippen LogP contribution is 2.29. The van der Waals surface area contributed by atoms with Crippen molar-refractivity contribution in [1.29, 1.82) is 0 Å². The topological polar surface area (TPSA) is 93.0 Å². The van der Waals surface area contributed by atoms with Gasteiger partial charge < -0.3 is 15.8 Å². The number of hydrogen-bond acceptors (Lipinski definition) is 4. The number of nitrogens with one attached hydrogen (secondary N) is 2. The monoisotopic (exact) mass is 286 g/mol. The van der Waals surface area contributed by atoms with Gasteiger partial charge in [-0.15, -0.1) is 13.2 Å². The molecule has 2 aromatic rings. The van der Waals surface area contributed by atoms with Crippen LogP contribution in [0, 0.1) is 0 Å². The average Bonchev–Trinajstić information content (AvgIpc) is 2.83. The van der Waals surface area contributed by atoms with Crippen LogP contribution < -0.4 is 15.8 Å². The number of aromatic nitrogens is 2. The standard InChI is InChI=1S/C11H9F3N4O2/c12-11(13,14)20-8-2-1-6(5-7(8)15)10(19)17-9-3-4-16-18-9/h1-5H,15H2,(H2,16,17,18,19). The lowest BCUT2D eigenvalue weighted by atomic mass is 10.2. The number of nitrogens with zero attached hydrogens (tertiary/aromatic N) is 1. The van der Waals surface area contributed by atoms with E-state index in [1.807, 2.05) is 0 Å². The van der Waals surface area contributed by atoms with Gasteiger partial charge in [0.05, 0.1) is 11.9 Å². The second kappa shape index (κ2) is 5.11. The van der Waals surface area contributed by atoms with E-state index in [-0.39, 0.29) is 11.3 Å². The lowest BCUT2D eigenvalue weighted by Gasteiger charge is -2.11. The van der Waals surface area contributed by atoms with Crippen LogP contribution >= 0.6 is 0 Å². The number of halogens is 3. The van der Waals surface area contributed by atoms with Crippen molar-refractivity contribution in [2.45, 2.75) is 6.36 Å². The molecule has 0 atom stereocenters. The number of H-pyrrole nitrogens is 1. The third-order valence-electron chi connectivity index (χ3n) is 2.25. The van der Waals surface area contributed by atoms with Gasteiger partial charge in [-0.25, -0.2) is 0 Å². The van der Waals surface area contributed by atoms with E-state index in [0.29, 0.717) is 5.82 Å². The van der Waals surface area contributed by atoms with Crippen LogP contribution in [0.4, 0.5) is 24.7 Å². The van der Waals surface area contributed by atoms with Gasteiger partial charge in [0.15, 0.2) is 5.75 Å². The first-order valence-corrected chi connectivity index (χ1v) is 5.31. The van der Waals surface area contributed by atoms with E-state index in [9.17, 15) is 18.0 Å². The zero-order valence-electron chi connectivity index (χ0n) is 9.86. The molecule has 0 radical (unpaired) electrons. The molecule has 0 aliphatic heterocycles. The largest absolute Gasteiger partial charge is 0.573 e. The lowest BCUT2D eigenvalue weighted by Crippen LogP contribution is -2.18. The van der Waals surface area contributed by atoms with Crippen molar-refractivity contribution in [3.63, 3.8) is 0 Å². The Morgan fingerprint density at radius 2 is 2.10 bits per heavy atom. The van der Waals surface area contributed by atoms with Gasteiger partial charge in [-0.2, -0.15) is 5.10 Å². The molecule has 1 aromatic carbocycles. The first kappa shape index (κ1) is 13.7. The Labute approximate surface area is 110 Å².